The van der Waals surface area contributed by atoms with E-state index in [1.165, 1.54) is 5.56 Å². The van der Waals surface area contributed by atoms with Crippen LogP contribution in [0.1, 0.15) is 33.3 Å². The van der Waals surface area contributed by atoms with Crippen molar-refractivity contribution in [2.24, 2.45) is 11.8 Å². The second-order valence-electron chi connectivity index (χ2n) is 6.44. The van der Waals surface area contributed by atoms with Crippen LogP contribution >= 0.6 is 0 Å². The summed E-state index contributed by atoms with van der Waals surface area (Å²) < 4.78 is 0. The normalized spacial score (nSPS) is 13.8. The molecule has 19 heavy (non-hydrogen) atoms. The van der Waals surface area contributed by atoms with Gasteiger partial charge < -0.3 is 10.6 Å². The van der Waals surface area contributed by atoms with E-state index in [2.05, 4.69) is 68.7 Å². The summed E-state index contributed by atoms with van der Waals surface area (Å²) in [6, 6.07) is 10.8. The molecule has 0 amide bonds. The molecule has 1 unspecified atom stereocenters. The highest BCUT2D eigenvalue weighted by Crippen LogP contribution is 2.21. The third-order valence-electron chi connectivity index (χ3n) is 3.94. The Morgan fingerprint density at radius 1 is 1.05 bits per heavy atom. The second kappa shape index (κ2) is 7.66. The van der Waals surface area contributed by atoms with Gasteiger partial charge in [0.2, 0.25) is 0 Å². The number of hydrogen-bond donors (Lipinski definition) is 2. The molecule has 0 aliphatic heterocycles. The van der Waals surface area contributed by atoms with Gasteiger partial charge in [-0.2, -0.15) is 0 Å². The zero-order valence-corrected chi connectivity index (χ0v) is 13.2. The van der Waals surface area contributed by atoms with Gasteiger partial charge in [-0.05, 0) is 37.5 Å². The van der Waals surface area contributed by atoms with Gasteiger partial charge in [0.05, 0.1) is 0 Å². The van der Waals surface area contributed by atoms with E-state index >= 15 is 0 Å². The summed E-state index contributed by atoms with van der Waals surface area (Å²) in [5.74, 6) is 1.40. The van der Waals surface area contributed by atoms with Gasteiger partial charge in [0.1, 0.15) is 0 Å². The first-order valence-corrected chi connectivity index (χ1v) is 7.38. The molecule has 0 spiro atoms. The molecular weight excluding hydrogens is 232 g/mol. The monoisotopic (exact) mass is 262 g/mol. The van der Waals surface area contributed by atoms with E-state index in [9.17, 15) is 0 Å². The van der Waals surface area contributed by atoms with Crippen LogP contribution < -0.4 is 10.6 Å². The van der Waals surface area contributed by atoms with E-state index in [1.54, 1.807) is 0 Å². The van der Waals surface area contributed by atoms with Crippen molar-refractivity contribution in [3.05, 3.63) is 35.9 Å². The van der Waals surface area contributed by atoms with Crippen molar-refractivity contribution in [2.45, 2.75) is 33.1 Å². The van der Waals surface area contributed by atoms with Gasteiger partial charge in [-0.25, -0.2) is 0 Å². The van der Waals surface area contributed by atoms with Crippen LogP contribution in [-0.2, 0) is 5.41 Å². The smallest absolute Gasteiger partial charge is 0.00433 e. The Hall–Kier alpha value is -0.860. The molecule has 1 rings (SSSR count). The van der Waals surface area contributed by atoms with E-state index < -0.39 is 0 Å². The second-order valence-corrected chi connectivity index (χ2v) is 6.44. The van der Waals surface area contributed by atoms with Crippen molar-refractivity contribution in [2.75, 3.05) is 26.7 Å². The lowest BCUT2D eigenvalue weighted by Crippen LogP contribution is -2.39. The summed E-state index contributed by atoms with van der Waals surface area (Å²) in [6.07, 6.45) is 0. The molecule has 1 atom stereocenters. The fourth-order valence-electron chi connectivity index (χ4n) is 2.37. The molecule has 0 fully saturated rings. The summed E-state index contributed by atoms with van der Waals surface area (Å²) in [4.78, 5) is 0. The minimum absolute atomic E-state index is 0.183. The summed E-state index contributed by atoms with van der Waals surface area (Å²) >= 11 is 0. The number of nitrogens with one attached hydrogen (secondary N) is 2. The van der Waals surface area contributed by atoms with Crippen LogP contribution in [0.5, 0.6) is 0 Å². The fraction of sp³-hybridized carbons (Fsp3) is 0.647. The maximum Gasteiger partial charge on any atom is 0.00433 e. The minimum atomic E-state index is 0.183. The summed E-state index contributed by atoms with van der Waals surface area (Å²) in [6.45, 7) is 12.4. The Labute approximate surface area is 119 Å². The molecule has 0 saturated heterocycles. The molecule has 2 nitrogen and oxygen atoms in total. The SMILES string of the molecule is CNCC(CNCC(C)(C)c1ccccc1)C(C)C. The van der Waals surface area contributed by atoms with Crippen molar-refractivity contribution in [3.8, 4) is 0 Å². The predicted molar refractivity (Wildman–Crippen MR) is 84.6 cm³/mol. The first-order chi connectivity index (χ1) is 8.97. The van der Waals surface area contributed by atoms with Gasteiger partial charge in [-0.1, -0.05) is 58.0 Å². The van der Waals surface area contributed by atoms with Crippen LogP contribution in [0.2, 0.25) is 0 Å². The van der Waals surface area contributed by atoms with E-state index in [1.807, 2.05) is 7.05 Å². The van der Waals surface area contributed by atoms with Gasteiger partial charge in [0, 0.05) is 12.0 Å². The molecule has 0 aliphatic rings. The van der Waals surface area contributed by atoms with E-state index in [0.29, 0.717) is 11.8 Å². The lowest BCUT2D eigenvalue weighted by Gasteiger charge is -2.28. The molecule has 108 valence electrons. The average Bonchev–Trinajstić information content (AvgIpc) is 2.38. The average molecular weight is 262 g/mol. The van der Waals surface area contributed by atoms with Crippen LogP contribution in [0.3, 0.4) is 0 Å². The van der Waals surface area contributed by atoms with Gasteiger partial charge in [0.15, 0.2) is 0 Å². The predicted octanol–water partition coefficient (Wildman–Crippen LogP) is 3.05. The standard InChI is InChI=1S/C17H30N2/c1-14(2)15(11-18-5)12-19-13-17(3,4)16-9-7-6-8-10-16/h6-10,14-15,18-19H,11-13H2,1-5H3. The molecule has 2 N–H and O–H groups in total. The number of hydrogen-bond acceptors (Lipinski definition) is 2. The van der Waals surface area contributed by atoms with E-state index in [-0.39, 0.29) is 5.41 Å². The fourth-order valence-corrected chi connectivity index (χ4v) is 2.37. The lowest BCUT2D eigenvalue weighted by molar-refractivity contribution is 0.337. The summed E-state index contributed by atoms with van der Waals surface area (Å²) in [5, 5.41) is 6.94. The number of rotatable bonds is 8. The van der Waals surface area contributed by atoms with Crippen LogP contribution in [0.4, 0.5) is 0 Å². The maximum absolute atomic E-state index is 3.65. The molecule has 2 heteroatoms. The third kappa shape index (κ3) is 5.33. The highest BCUT2D eigenvalue weighted by Gasteiger charge is 2.20. The Balaban J connectivity index is 2.47. The largest absolute Gasteiger partial charge is 0.319 e. The highest BCUT2D eigenvalue weighted by molar-refractivity contribution is 5.23. The Morgan fingerprint density at radius 2 is 1.68 bits per heavy atom. The lowest BCUT2D eigenvalue weighted by atomic mass is 9.84. The van der Waals surface area contributed by atoms with Crippen molar-refractivity contribution >= 4 is 0 Å². The minimum Gasteiger partial charge on any atom is -0.319 e. The molecule has 0 bridgehead atoms. The van der Waals surface area contributed by atoms with Crippen LogP contribution in [-0.4, -0.2) is 26.7 Å². The molecule has 0 aliphatic carbocycles. The van der Waals surface area contributed by atoms with Gasteiger partial charge in [-0.3, -0.25) is 0 Å². The molecule has 0 aromatic heterocycles. The quantitative estimate of drug-likeness (QED) is 0.752. The third-order valence-corrected chi connectivity index (χ3v) is 3.94. The maximum atomic E-state index is 3.65. The molecule has 1 aromatic carbocycles. The van der Waals surface area contributed by atoms with Crippen molar-refractivity contribution in [1.82, 2.24) is 10.6 Å². The summed E-state index contributed by atoms with van der Waals surface area (Å²) in [7, 11) is 2.03. The highest BCUT2D eigenvalue weighted by atomic mass is 14.9. The number of benzene rings is 1. The zero-order valence-electron chi connectivity index (χ0n) is 13.2. The molecule has 0 radical (unpaired) electrons. The topological polar surface area (TPSA) is 24.1 Å². The first kappa shape index (κ1) is 16.2. The summed E-state index contributed by atoms with van der Waals surface area (Å²) in [5.41, 5.74) is 1.58. The van der Waals surface area contributed by atoms with Gasteiger partial charge in [0.25, 0.3) is 0 Å². The molecule has 0 saturated carbocycles. The Kier molecular flexibility index (Phi) is 6.53. The van der Waals surface area contributed by atoms with Crippen molar-refractivity contribution in [1.29, 1.82) is 0 Å². The molecule has 1 aromatic rings. The first-order valence-electron chi connectivity index (χ1n) is 7.38. The zero-order chi connectivity index (χ0) is 14.3. The van der Waals surface area contributed by atoms with Gasteiger partial charge >= 0.3 is 0 Å². The van der Waals surface area contributed by atoms with Gasteiger partial charge in [-0.15, -0.1) is 0 Å². The van der Waals surface area contributed by atoms with Crippen LogP contribution in [0, 0.1) is 11.8 Å². The van der Waals surface area contributed by atoms with E-state index in [0.717, 1.165) is 19.6 Å². The van der Waals surface area contributed by atoms with Crippen LogP contribution in [0.25, 0.3) is 0 Å². The van der Waals surface area contributed by atoms with E-state index in [4.69, 9.17) is 0 Å². The van der Waals surface area contributed by atoms with Crippen molar-refractivity contribution in [3.63, 3.8) is 0 Å². The molecule has 0 heterocycles. The molecular formula is C17H30N2. The Bertz CT molecular complexity index is 344. The Morgan fingerprint density at radius 3 is 2.21 bits per heavy atom. The van der Waals surface area contributed by atoms with Crippen molar-refractivity contribution < 1.29 is 0 Å². The van der Waals surface area contributed by atoms with Crippen LogP contribution in [0.15, 0.2) is 30.3 Å².